The molecule has 0 bridgehead atoms. The zero-order chi connectivity index (χ0) is 13.1. The highest BCUT2D eigenvalue weighted by Gasteiger charge is 2.35. The Labute approximate surface area is 105 Å². The lowest BCUT2D eigenvalue weighted by atomic mass is 10.2. The number of carboxylic acids is 1. The molecule has 0 unspecified atom stereocenters. The van der Waals surface area contributed by atoms with Crippen LogP contribution in [0.1, 0.15) is 18.4 Å². The number of carboxylic acid groups (broad SMARTS) is 1. The van der Waals surface area contributed by atoms with Crippen molar-refractivity contribution in [1.82, 2.24) is 9.80 Å². The zero-order valence-corrected chi connectivity index (χ0v) is 10.2. The third kappa shape index (κ3) is 2.47. The van der Waals surface area contributed by atoms with Crippen LogP contribution in [-0.2, 0) is 11.3 Å². The van der Waals surface area contributed by atoms with Crippen molar-refractivity contribution in [2.45, 2.75) is 25.4 Å². The Balaban J connectivity index is 1.99. The lowest BCUT2D eigenvalue weighted by Crippen LogP contribution is -2.46. The molecule has 2 amide bonds. The first-order valence-electron chi connectivity index (χ1n) is 5.85. The van der Waals surface area contributed by atoms with Crippen LogP contribution in [0.2, 0.25) is 0 Å². The summed E-state index contributed by atoms with van der Waals surface area (Å²) in [5, 5.41) is 9.04. The van der Waals surface area contributed by atoms with Gasteiger partial charge in [-0.25, -0.2) is 9.59 Å². The standard InChI is InChI=1S/C12H16N2O4/c1-13(7-9-4-6-18-8-9)12(17)14-5-2-3-10(14)11(15)16/h4,6,8,10H,2-3,5,7H2,1H3,(H,15,16)/t10-/m1/s1. The summed E-state index contributed by atoms with van der Waals surface area (Å²) >= 11 is 0. The second-order valence-corrected chi connectivity index (χ2v) is 4.46. The van der Waals surface area contributed by atoms with E-state index < -0.39 is 12.0 Å². The van der Waals surface area contributed by atoms with Crippen LogP contribution in [0.25, 0.3) is 0 Å². The molecule has 1 aliphatic heterocycles. The second-order valence-electron chi connectivity index (χ2n) is 4.46. The molecule has 0 aromatic carbocycles. The average molecular weight is 252 g/mol. The van der Waals surface area contributed by atoms with E-state index >= 15 is 0 Å². The van der Waals surface area contributed by atoms with Gasteiger partial charge in [0.25, 0.3) is 0 Å². The Morgan fingerprint density at radius 1 is 1.61 bits per heavy atom. The highest BCUT2D eigenvalue weighted by atomic mass is 16.4. The molecule has 1 saturated heterocycles. The topological polar surface area (TPSA) is 74.0 Å². The molecule has 98 valence electrons. The molecular formula is C12H16N2O4. The number of furan rings is 1. The summed E-state index contributed by atoms with van der Waals surface area (Å²) in [4.78, 5) is 26.1. The molecular weight excluding hydrogens is 236 g/mol. The Kier molecular flexibility index (Phi) is 3.55. The minimum Gasteiger partial charge on any atom is -0.480 e. The van der Waals surface area contributed by atoms with Gasteiger partial charge in [-0.3, -0.25) is 0 Å². The van der Waals surface area contributed by atoms with Gasteiger partial charge in [-0.2, -0.15) is 0 Å². The third-order valence-corrected chi connectivity index (χ3v) is 3.11. The van der Waals surface area contributed by atoms with E-state index in [0.717, 1.165) is 12.0 Å². The number of carbonyl (C=O) groups is 2. The van der Waals surface area contributed by atoms with E-state index in [2.05, 4.69) is 0 Å². The molecule has 1 aromatic rings. The predicted octanol–water partition coefficient (Wildman–Crippen LogP) is 1.38. The maximum absolute atomic E-state index is 12.1. The smallest absolute Gasteiger partial charge is 0.326 e. The maximum Gasteiger partial charge on any atom is 0.326 e. The summed E-state index contributed by atoms with van der Waals surface area (Å²) in [6.45, 7) is 0.920. The molecule has 1 fully saturated rings. The van der Waals surface area contributed by atoms with Crippen molar-refractivity contribution in [1.29, 1.82) is 0 Å². The van der Waals surface area contributed by atoms with Crippen LogP contribution < -0.4 is 0 Å². The van der Waals surface area contributed by atoms with Gasteiger partial charge in [-0.1, -0.05) is 0 Å². The number of aliphatic carboxylic acids is 1. The third-order valence-electron chi connectivity index (χ3n) is 3.11. The van der Waals surface area contributed by atoms with Crippen LogP contribution in [-0.4, -0.2) is 46.5 Å². The first-order chi connectivity index (χ1) is 8.59. The molecule has 2 rings (SSSR count). The normalized spacial score (nSPS) is 18.9. The van der Waals surface area contributed by atoms with Crippen LogP contribution in [0.4, 0.5) is 4.79 Å². The minimum atomic E-state index is -0.933. The number of urea groups is 1. The SMILES string of the molecule is CN(Cc1ccoc1)C(=O)N1CCC[C@@H]1C(=O)O. The number of hydrogen-bond donors (Lipinski definition) is 1. The van der Waals surface area contributed by atoms with E-state index in [4.69, 9.17) is 9.52 Å². The Morgan fingerprint density at radius 2 is 2.39 bits per heavy atom. The number of carbonyl (C=O) groups excluding carboxylic acids is 1. The van der Waals surface area contributed by atoms with E-state index in [9.17, 15) is 9.59 Å². The Hall–Kier alpha value is -1.98. The van der Waals surface area contributed by atoms with Crippen LogP contribution in [0.5, 0.6) is 0 Å². The molecule has 1 aromatic heterocycles. The van der Waals surface area contributed by atoms with Gasteiger partial charge >= 0.3 is 12.0 Å². The second kappa shape index (κ2) is 5.12. The summed E-state index contributed by atoms with van der Waals surface area (Å²) in [6, 6.07) is 0.841. The summed E-state index contributed by atoms with van der Waals surface area (Å²) in [5.41, 5.74) is 0.886. The van der Waals surface area contributed by atoms with Gasteiger partial charge in [0, 0.05) is 19.2 Å². The summed E-state index contributed by atoms with van der Waals surface area (Å²) in [7, 11) is 1.66. The van der Waals surface area contributed by atoms with Gasteiger partial charge in [0.05, 0.1) is 19.1 Å². The summed E-state index contributed by atoms with van der Waals surface area (Å²) in [5.74, 6) is -0.933. The molecule has 2 heterocycles. The van der Waals surface area contributed by atoms with Gasteiger partial charge in [-0.05, 0) is 18.9 Å². The minimum absolute atomic E-state index is 0.249. The van der Waals surface area contributed by atoms with Crippen LogP contribution >= 0.6 is 0 Å². The largest absolute Gasteiger partial charge is 0.480 e. The van der Waals surface area contributed by atoms with E-state index in [1.54, 1.807) is 25.6 Å². The van der Waals surface area contributed by atoms with E-state index in [1.807, 2.05) is 0 Å². The molecule has 0 saturated carbocycles. The van der Waals surface area contributed by atoms with E-state index in [1.165, 1.54) is 9.80 Å². The number of hydrogen-bond acceptors (Lipinski definition) is 3. The molecule has 1 atom stereocenters. The Bertz CT molecular complexity index is 429. The fourth-order valence-electron chi connectivity index (χ4n) is 2.20. The number of rotatable bonds is 3. The lowest BCUT2D eigenvalue weighted by molar-refractivity contribution is -0.141. The average Bonchev–Trinajstić information content (AvgIpc) is 2.97. The van der Waals surface area contributed by atoms with Gasteiger partial charge in [0.15, 0.2) is 0 Å². The van der Waals surface area contributed by atoms with Crippen molar-refractivity contribution in [3.63, 3.8) is 0 Å². The molecule has 18 heavy (non-hydrogen) atoms. The van der Waals surface area contributed by atoms with Crippen molar-refractivity contribution >= 4 is 12.0 Å². The number of nitrogens with zero attached hydrogens (tertiary/aromatic N) is 2. The summed E-state index contributed by atoms with van der Waals surface area (Å²) in [6.07, 6.45) is 4.38. The van der Waals surface area contributed by atoms with Crippen LogP contribution in [0.15, 0.2) is 23.0 Å². The van der Waals surface area contributed by atoms with E-state index in [-0.39, 0.29) is 6.03 Å². The first kappa shape index (κ1) is 12.5. The van der Waals surface area contributed by atoms with Gasteiger partial charge < -0.3 is 19.3 Å². The first-order valence-corrected chi connectivity index (χ1v) is 5.85. The van der Waals surface area contributed by atoms with Gasteiger partial charge in [0.1, 0.15) is 6.04 Å². The monoisotopic (exact) mass is 252 g/mol. The Morgan fingerprint density at radius 3 is 3.00 bits per heavy atom. The van der Waals surface area contributed by atoms with Gasteiger partial charge in [0.2, 0.25) is 0 Å². The molecule has 0 aliphatic carbocycles. The molecule has 1 N–H and O–H groups in total. The zero-order valence-electron chi connectivity index (χ0n) is 10.2. The van der Waals surface area contributed by atoms with Crippen LogP contribution in [0.3, 0.4) is 0 Å². The van der Waals surface area contributed by atoms with Gasteiger partial charge in [-0.15, -0.1) is 0 Å². The van der Waals surface area contributed by atoms with Crippen molar-refractivity contribution < 1.29 is 19.1 Å². The van der Waals surface area contributed by atoms with Crippen molar-refractivity contribution in [3.05, 3.63) is 24.2 Å². The fraction of sp³-hybridized carbons (Fsp3) is 0.500. The predicted molar refractivity (Wildman–Crippen MR) is 62.9 cm³/mol. The maximum atomic E-state index is 12.1. The number of amides is 2. The molecule has 6 nitrogen and oxygen atoms in total. The lowest BCUT2D eigenvalue weighted by Gasteiger charge is -2.27. The highest BCUT2D eigenvalue weighted by Crippen LogP contribution is 2.19. The fourth-order valence-corrected chi connectivity index (χ4v) is 2.20. The van der Waals surface area contributed by atoms with Crippen molar-refractivity contribution in [2.24, 2.45) is 0 Å². The van der Waals surface area contributed by atoms with Crippen molar-refractivity contribution in [2.75, 3.05) is 13.6 Å². The molecule has 6 heteroatoms. The number of likely N-dealkylation sites (tertiary alicyclic amines) is 1. The molecule has 0 radical (unpaired) electrons. The highest BCUT2D eigenvalue weighted by molar-refractivity contribution is 5.83. The van der Waals surface area contributed by atoms with Crippen molar-refractivity contribution in [3.8, 4) is 0 Å². The quantitative estimate of drug-likeness (QED) is 0.882. The summed E-state index contributed by atoms with van der Waals surface area (Å²) < 4.78 is 4.93. The van der Waals surface area contributed by atoms with Crippen LogP contribution in [0, 0.1) is 0 Å². The van der Waals surface area contributed by atoms with E-state index in [0.29, 0.717) is 19.5 Å². The molecule has 1 aliphatic rings. The molecule has 0 spiro atoms.